The number of carbonyl (C=O) groups is 1. The summed E-state index contributed by atoms with van der Waals surface area (Å²) >= 11 is 11.1. The first-order valence-electron chi connectivity index (χ1n) is 3.83. The van der Waals surface area contributed by atoms with Gasteiger partial charge in [0.25, 0.3) is 0 Å². The Labute approximate surface area is 92.4 Å². The van der Waals surface area contributed by atoms with E-state index in [2.05, 4.69) is 0 Å². The van der Waals surface area contributed by atoms with Gasteiger partial charge in [0, 0.05) is 10.0 Å². The van der Waals surface area contributed by atoms with Crippen molar-refractivity contribution < 1.29 is 9.90 Å². The van der Waals surface area contributed by atoms with Gasteiger partial charge < -0.3 is 10.8 Å². The van der Waals surface area contributed by atoms with Gasteiger partial charge in [0.2, 0.25) is 0 Å². The molecule has 5 heteroatoms. The van der Waals surface area contributed by atoms with Crippen LogP contribution in [0.2, 0.25) is 10.0 Å². The average Bonchev–Trinajstić information content (AvgIpc) is 2.11. The van der Waals surface area contributed by atoms with Crippen molar-refractivity contribution in [2.45, 2.75) is 13.0 Å². The summed E-state index contributed by atoms with van der Waals surface area (Å²) < 4.78 is 0. The fourth-order valence-electron chi connectivity index (χ4n) is 0.430. The smallest absolute Gasteiger partial charge is 0.320 e. The Kier molecular flexibility index (Phi) is 6.28. The molecule has 0 radical (unpaired) electrons. The lowest BCUT2D eigenvalue weighted by molar-refractivity contribution is -0.138. The van der Waals surface area contributed by atoms with Crippen molar-refractivity contribution in [2.24, 2.45) is 5.73 Å². The number of benzene rings is 1. The van der Waals surface area contributed by atoms with Gasteiger partial charge in [-0.1, -0.05) is 23.2 Å². The van der Waals surface area contributed by atoms with Crippen LogP contribution >= 0.6 is 23.2 Å². The second kappa shape index (κ2) is 6.65. The maximum Gasteiger partial charge on any atom is 0.320 e. The molecule has 1 unspecified atom stereocenters. The molecule has 0 fully saturated rings. The zero-order valence-corrected chi connectivity index (χ0v) is 9.09. The summed E-state index contributed by atoms with van der Waals surface area (Å²) in [5, 5.41) is 9.30. The van der Waals surface area contributed by atoms with Crippen LogP contribution in [0.1, 0.15) is 6.92 Å². The summed E-state index contributed by atoms with van der Waals surface area (Å²) in [7, 11) is 0. The van der Waals surface area contributed by atoms with Gasteiger partial charge in [-0.2, -0.15) is 0 Å². The second-order valence-electron chi connectivity index (χ2n) is 2.56. The molecule has 0 spiro atoms. The van der Waals surface area contributed by atoms with Crippen LogP contribution in [0, 0.1) is 0 Å². The molecule has 0 aromatic heterocycles. The van der Waals surface area contributed by atoms with Crippen LogP contribution in [-0.4, -0.2) is 17.1 Å². The molecule has 3 N–H and O–H groups in total. The number of carboxylic acids is 1. The van der Waals surface area contributed by atoms with Crippen molar-refractivity contribution in [3.8, 4) is 0 Å². The third-order valence-electron chi connectivity index (χ3n) is 1.19. The van der Waals surface area contributed by atoms with E-state index in [1.807, 2.05) is 0 Å². The van der Waals surface area contributed by atoms with Crippen molar-refractivity contribution in [3.63, 3.8) is 0 Å². The van der Waals surface area contributed by atoms with E-state index in [4.69, 9.17) is 34.0 Å². The van der Waals surface area contributed by atoms with Gasteiger partial charge >= 0.3 is 5.97 Å². The molecule has 14 heavy (non-hydrogen) atoms. The van der Waals surface area contributed by atoms with Gasteiger partial charge in [-0.3, -0.25) is 4.79 Å². The summed E-state index contributed by atoms with van der Waals surface area (Å²) in [5.74, 6) is -0.963. The van der Waals surface area contributed by atoms with Crippen LogP contribution in [0.25, 0.3) is 0 Å². The van der Waals surface area contributed by atoms with Gasteiger partial charge in [0.1, 0.15) is 6.04 Å². The maximum absolute atomic E-state index is 9.57. The first-order valence-corrected chi connectivity index (χ1v) is 4.58. The van der Waals surface area contributed by atoms with E-state index < -0.39 is 12.0 Å². The molecule has 1 atom stereocenters. The third-order valence-corrected chi connectivity index (χ3v) is 1.70. The summed E-state index contributed by atoms with van der Waals surface area (Å²) in [4.78, 5) is 9.57. The topological polar surface area (TPSA) is 63.3 Å². The quantitative estimate of drug-likeness (QED) is 0.786. The molecule has 0 amide bonds. The Morgan fingerprint density at radius 2 is 1.50 bits per heavy atom. The molecule has 0 bridgehead atoms. The van der Waals surface area contributed by atoms with E-state index in [0.29, 0.717) is 0 Å². The van der Waals surface area contributed by atoms with Crippen molar-refractivity contribution in [1.82, 2.24) is 0 Å². The Morgan fingerprint density at radius 1 is 1.29 bits per heavy atom. The normalized spacial score (nSPS) is 11.1. The van der Waals surface area contributed by atoms with Crippen LogP contribution in [0.5, 0.6) is 0 Å². The van der Waals surface area contributed by atoms with Crippen molar-refractivity contribution in [2.75, 3.05) is 0 Å². The van der Waals surface area contributed by atoms with Gasteiger partial charge in [-0.25, -0.2) is 0 Å². The minimum absolute atomic E-state index is 0.717. The summed E-state index contributed by atoms with van der Waals surface area (Å²) in [6, 6.07) is 6.28. The Bertz CT molecular complexity index is 264. The standard InChI is InChI=1S/C6H4Cl2.C3H7NO2/c7-5-1-2-6(8)4-3-5;1-2(4)3(5)6/h1-4H;2H,4H2,1H3,(H,5,6). The highest BCUT2D eigenvalue weighted by atomic mass is 35.5. The molecular weight excluding hydrogens is 225 g/mol. The summed E-state index contributed by atoms with van der Waals surface area (Å²) in [5.41, 5.74) is 4.84. The highest BCUT2D eigenvalue weighted by Gasteiger charge is 1.99. The lowest BCUT2D eigenvalue weighted by Gasteiger charge is -1.90. The molecule has 78 valence electrons. The fraction of sp³-hybridized carbons (Fsp3) is 0.222. The highest BCUT2D eigenvalue weighted by Crippen LogP contribution is 2.12. The molecule has 0 saturated heterocycles. The molecular formula is C9H11Cl2NO2. The average molecular weight is 236 g/mol. The summed E-state index contributed by atoms with van der Waals surface area (Å²) in [6.07, 6.45) is 0. The number of aliphatic carboxylic acids is 1. The highest BCUT2D eigenvalue weighted by molar-refractivity contribution is 6.32. The van der Waals surface area contributed by atoms with Crippen LogP contribution in [0.3, 0.4) is 0 Å². The first kappa shape index (κ1) is 13.2. The van der Waals surface area contributed by atoms with E-state index in [0.717, 1.165) is 10.0 Å². The van der Waals surface area contributed by atoms with Crippen LogP contribution in [-0.2, 0) is 4.79 Å². The molecule has 0 aliphatic heterocycles. The zero-order chi connectivity index (χ0) is 11.1. The predicted octanol–water partition coefficient (Wildman–Crippen LogP) is 2.41. The number of halogens is 2. The van der Waals surface area contributed by atoms with Crippen molar-refractivity contribution in [3.05, 3.63) is 34.3 Å². The maximum atomic E-state index is 9.57. The molecule has 3 nitrogen and oxygen atoms in total. The molecule has 0 aliphatic rings. The van der Waals surface area contributed by atoms with E-state index in [1.54, 1.807) is 24.3 Å². The number of hydrogen-bond donors (Lipinski definition) is 2. The molecule has 1 aromatic carbocycles. The molecule has 1 rings (SSSR count). The van der Waals surface area contributed by atoms with Crippen LogP contribution in [0.4, 0.5) is 0 Å². The number of rotatable bonds is 1. The van der Waals surface area contributed by atoms with E-state index in [-0.39, 0.29) is 0 Å². The van der Waals surface area contributed by atoms with Crippen molar-refractivity contribution >= 4 is 29.2 Å². The lowest BCUT2D eigenvalue weighted by atomic mass is 10.4. The summed E-state index contributed by atoms with van der Waals surface area (Å²) in [6.45, 7) is 1.42. The predicted molar refractivity (Wildman–Crippen MR) is 57.7 cm³/mol. The largest absolute Gasteiger partial charge is 0.480 e. The van der Waals surface area contributed by atoms with Gasteiger partial charge in [-0.15, -0.1) is 0 Å². The fourth-order valence-corrected chi connectivity index (χ4v) is 0.682. The lowest BCUT2D eigenvalue weighted by Crippen LogP contribution is -2.25. The molecule has 1 aromatic rings. The molecule has 0 saturated carbocycles. The second-order valence-corrected chi connectivity index (χ2v) is 3.44. The third kappa shape index (κ3) is 6.71. The van der Waals surface area contributed by atoms with Gasteiger partial charge in [-0.05, 0) is 31.2 Å². The van der Waals surface area contributed by atoms with E-state index in [9.17, 15) is 4.79 Å². The minimum atomic E-state index is -0.963. The minimum Gasteiger partial charge on any atom is -0.480 e. The Morgan fingerprint density at radius 3 is 1.64 bits per heavy atom. The van der Waals surface area contributed by atoms with Crippen molar-refractivity contribution in [1.29, 1.82) is 0 Å². The van der Waals surface area contributed by atoms with E-state index >= 15 is 0 Å². The monoisotopic (exact) mass is 235 g/mol. The van der Waals surface area contributed by atoms with Gasteiger partial charge in [0.15, 0.2) is 0 Å². The van der Waals surface area contributed by atoms with Crippen LogP contribution < -0.4 is 5.73 Å². The molecule has 0 aliphatic carbocycles. The SMILES string of the molecule is CC(N)C(=O)O.Clc1ccc(Cl)cc1. The Hall–Kier alpha value is -0.770. The molecule has 0 heterocycles. The van der Waals surface area contributed by atoms with Crippen LogP contribution in [0.15, 0.2) is 24.3 Å². The van der Waals surface area contributed by atoms with Gasteiger partial charge in [0.05, 0.1) is 0 Å². The first-order chi connectivity index (χ1) is 6.43. The van der Waals surface area contributed by atoms with E-state index in [1.165, 1.54) is 6.92 Å². The number of nitrogens with two attached hydrogens (primary N) is 1. The number of carboxylic acid groups (broad SMARTS) is 1. The zero-order valence-electron chi connectivity index (χ0n) is 7.58. The Balaban J connectivity index is 0.000000255. The number of hydrogen-bond acceptors (Lipinski definition) is 2.